The highest BCUT2D eigenvalue weighted by molar-refractivity contribution is 7.13. The van der Waals surface area contributed by atoms with E-state index in [1.807, 2.05) is 17.8 Å². The average Bonchev–Trinajstić information content (AvgIpc) is 3.18. The van der Waals surface area contributed by atoms with Gasteiger partial charge in [-0.2, -0.15) is 5.10 Å². The van der Waals surface area contributed by atoms with Gasteiger partial charge in [-0.15, -0.1) is 11.3 Å². The molecule has 1 aromatic carbocycles. The number of aromatic nitrogens is 3. The van der Waals surface area contributed by atoms with Gasteiger partial charge in [0.1, 0.15) is 5.01 Å². The molecule has 0 bridgehead atoms. The molecule has 3 rings (SSSR count). The van der Waals surface area contributed by atoms with Crippen LogP contribution in [0.1, 0.15) is 19.0 Å². The van der Waals surface area contributed by atoms with Crippen LogP contribution in [-0.4, -0.2) is 14.8 Å². The van der Waals surface area contributed by atoms with E-state index in [2.05, 4.69) is 57.3 Å². The van der Waals surface area contributed by atoms with Gasteiger partial charge in [0.05, 0.1) is 12.2 Å². The topological polar surface area (TPSA) is 42.7 Å². The lowest BCUT2D eigenvalue weighted by atomic mass is 10.2. The highest BCUT2D eigenvalue weighted by Gasteiger charge is 2.03. The van der Waals surface area contributed by atoms with E-state index in [9.17, 15) is 0 Å². The summed E-state index contributed by atoms with van der Waals surface area (Å²) in [5.74, 6) is 0. The lowest BCUT2D eigenvalue weighted by molar-refractivity contribution is 0.578. The normalized spacial score (nSPS) is 10.7. The Morgan fingerprint density at radius 2 is 2.00 bits per heavy atom. The zero-order chi connectivity index (χ0) is 14.5. The van der Waals surface area contributed by atoms with Crippen molar-refractivity contribution in [2.45, 2.75) is 26.4 Å². The summed E-state index contributed by atoms with van der Waals surface area (Å²) in [6.45, 7) is 3.92. The Morgan fingerprint density at radius 3 is 2.71 bits per heavy atom. The molecule has 5 heteroatoms. The van der Waals surface area contributed by atoms with Crippen molar-refractivity contribution < 1.29 is 0 Å². The van der Waals surface area contributed by atoms with E-state index in [0.717, 1.165) is 35.8 Å². The largest absolute Gasteiger partial charge is 0.379 e. The first-order valence-corrected chi connectivity index (χ1v) is 7.99. The van der Waals surface area contributed by atoms with Crippen LogP contribution in [-0.2, 0) is 13.1 Å². The molecule has 0 atom stereocenters. The zero-order valence-corrected chi connectivity index (χ0v) is 12.8. The fraction of sp³-hybridized carbons (Fsp3) is 0.250. The van der Waals surface area contributed by atoms with Gasteiger partial charge in [0, 0.05) is 35.6 Å². The molecule has 0 unspecified atom stereocenters. The lowest BCUT2D eigenvalue weighted by Crippen LogP contribution is -2.08. The molecule has 2 aromatic heterocycles. The Kier molecular flexibility index (Phi) is 4.31. The molecule has 0 spiro atoms. The quantitative estimate of drug-likeness (QED) is 0.747. The molecule has 4 nitrogen and oxygen atoms in total. The second-order valence-corrected chi connectivity index (χ2v) is 5.71. The van der Waals surface area contributed by atoms with E-state index in [0.29, 0.717) is 0 Å². The third-order valence-electron chi connectivity index (χ3n) is 3.28. The smallest absolute Gasteiger partial charge is 0.123 e. The van der Waals surface area contributed by atoms with Gasteiger partial charge >= 0.3 is 0 Å². The number of thiazole rings is 1. The minimum atomic E-state index is 0.788. The van der Waals surface area contributed by atoms with E-state index in [1.165, 1.54) is 5.69 Å². The van der Waals surface area contributed by atoms with Crippen LogP contribution in [0.15, 0.2) is 48.1 Å². The Labute approximate surface area is 128 Å². The molecule has 0 aliphatic rings. The van der Waals surface area contributed by atoms with Crippen molar-refractivity contribution in [3.8, 4) is 10.6 Å². The summed E-state index contributed by atoms with van der Waals surface area (Å²) >= 11 is 1.66. The average molecular weight is 298 g/mol. The van der Waals surface area contributed by atoms with Gasteiger partial charge in [-0.3, -0.25) is 4.68 Å². The van der Waals surface area contributed by atoms with Crippen LogP contribution >= 0.6 is 11.3 Å². The van der Waals surface area contributed by atoms with Crippen LogP contribution < -0.4 is 5.32 Å². The molecule has 108 valence electrons. The van der Waals surface area contributed by atoms with Crippen molar-refractivity contribution in [3.05, 3.63) is 53.8 Å². The fourth-order valence-corrected chi connectivity index (χ4v) is 2.86. The zero-order valence-electron chi connectivity index (χ0n) is 12.0. The predicted octanol–water partition coefficient (Wildman–Crippen LogP) is 4.03. The second kappa shape index (κ2) is 6.54. The number of rotatable bonds is 6. The summed E-state index contributed by atoms with van der Waals surface area (Å²) in [5.41, 5.74) is 3.48. The van der Waals surface area contributed by atoms with E-state index < -0.39 is 0 Å². The molecule has 0 fully saturated rings. The van der Waals surface area contributed by atoms with Gasteiger partial charge in [0.25, 0.3) is 0 Å². The third-order valence-corrected chi connectivity index (χ3v) is 4.10. The van der Waals surface area contributed by atoms with Gasteiger partial charge < -0.3 is 5.32 Å². The van der Waals surface area contributed by atoms with Gasteiger partial charge in [0.15, 0.2) is 0 Å². The number of nitrogens with zero attached hydrogens (tertiary/aromatic N) is 3. The summed E-state index contributed by atoms with van der Waals surface area (Å²) < 4.78 is 2.05. The molecule has 3 aromatic rings. The summed E-state index contributed by atoms with van der Waals surface area (Å²) in [6, 6.07) is 10.5. The highest BCUT2D eigenvalue weighted by atomic mass is 32.1. The number of hydrogen-bond acceptors (Lipinski definition) is 4. The standard InChI is InChI=1S/C16H18N4S/c1-2-10-20-15(7-8-19-20)12-18-14-5-3-13(4-6-14)16-17-9-11-21-16/h3-9,11,18H,2,10,12H2,1H3. The molecule has 0 radical (unpaired) electrons. The first-order chi connectivity index (χ1) is 10.4. The van der Waals surface area contributed by atoms with Crippen molar-refractivity contribution in [2.75, 3.05) is 5.32 Å². The molecule has 0 saturated carbocycles. The van der Waals surface area contributed by atoms with Crippen molar-refractivity contribution in [1.29, 1.82) is 0 Å². The Morgan fingerprint density at radius 1 is 1.14 bits per heavy atom. The summed E-state index contributed by atoms with van der Waals surface area (Å²) in [5, 5.41) is 10.8. The molecule has 2 heterocycles. The number of anilines is 1. The van der Waals surface area contributed by atoms with Crippen LogP contribution in [0.2, 0.25) is 0 Å². The van der Waals surface area contributed by atoms with E-state index in [-0.39, 0.29) is 0 Å². The molecular weight excluding hydrogens is 280 g/mol. The van der Waals surface area contributed by atoms with Crippen LogP contribution in [0, 0.1) is 0 Å². The molecule has 0 amide bonds. The third kappa shape index (κ3) is 3.31. The van der Waals surface area contributed by atoms with Crippen LogP contribution in [0.25, 0.3) is 10.6 Å². The van der Waals surface area contributed by atoms with Crippen molar-refractivity contribution >= 4 is 17.0 Å². The monoisotopic (exact) mass is 298 g/mol. The maximum absolute atomic E-state index is 4.34. The summed E-state index contributed by atoms with van der Waals surface area (Å²) in [7, 11) is 0. The van der Waals surface area contributed by atoms with Crippen molar-refractivity contribution in [1.82, 2.24) is 14.8 Å². The first kappa shape index (κ1) is 13.8. The number of nitrogens with one attached hydrogen (secondary N) is 1. The molecule has 21 heavy (non-hydrogen) atoms. The van der Waals surface area contributed by atoms with E-state index >= 15 is 0 Å². The Bertz CT molecular complexity index is 671. The highest BCUT2D eigenvalue weighted by Crippen LogP contribution is 2.23. The number of aryl methyl sites for hydroxylation is 1. The minimum Gasteiger partial charge on any atom is -0.379 e. The second-order valence-electron chi connectivity index (χ2n) is 4.81. The fourth-order valence-electron chi connectivity index (χ4n) is 2.21. The first-order valence-electron chi connectivity index (χ1n) is 7.11. The van der Waals surface area contributed by atoms with Crippen molar-refractivity contribution in [2.24, 2.45) is 0 Å². The lowest BCUT2D eigenvalue weighted by Gasteiger charge is -2.09. The Balaban J connectivity index is 1.64. The Hall–Kier alpha value is -2.14. The molecule has 0 aliphatic carbocycles. The maximum atomic E-state index is 4.34. The molecule has 1 N–H and O–H groups in total. The van der Waals surface area contributed by atoms with Crippen LogP contribution in [0.4, 0.5) is 5.69 Å². The van der Waals surface area contributed by atoms with Gasteiger partial charge in [-0.25, -0.2) is 4.98 Å². The maximum Gasteiger partial charge on any atom is 0.123 e. The number of benzene rings is 1. The summed E-state index contributed by atoms with van der Waals surface area (Å²) in [6.07, 6.45) is 4.79. The minimum absolute atomic E-state index is 0.788. The van der Waals surface area contributed by atoms with E-state index in [1.54, 1.807) is 11.3 Å². The van der Waals surface area contributed by atoms with Crippen molar-refractivity contribution in [3.63, 3.8) is 0 Å². The van der Waals surface area contributed by atoms with Crippen LogP contribution in [0.3, 0.4) is 0 Å². The van der Waals surface area contributed by atoms with Crippen LogP contribution in [0.5, 0.6) is 0 Å². The molecular formula is C16H18N4S. The van der Waals surface area contributed by atoms with Gasteiger partial charge in [-0.05, 0) is 36.8 Å². The molecule has 0 saturated heterocycles. The molecule has 0 aliphatic heterocycles. The van der Waals surface area contributed by atoms with Gasteiger partial charge in [-0.1, -0.05) is 6.92 Å². The van der Waals surface area contributed by atoms with Gasteiger partial charge in [0.2, 0.25) is 0 Å². The van der Waals surface area contributed by atoms with E-state index in [4.69, 9.17) is 0 Å². The number of hydrogen-bond donors (Lipinski definition) is 1. The predicted molar refractivity (Wildman–Crippen MR) is 87.4 cm³/mol. The SMILES string of the molecule is CCCn1nccc1CNc1ccc(-c2nccs2)cc1. The summed E-state index contributed by atoms with van der Waals surface area (Å²) in [4.78, 5) is 4.32.